The quantitative estimate of drug-likeness (QED) is 0.228. The number of ether oxygens (including phenoxy) is 2. The van der Waals surface area contributed by atoms with Gasteiger partial charge in [-0.2, -0.15) is 0 Å². The zero-order chi connectivity index (χ0) is 29.3. The van der Waals surface area contributed by atoms with Gasteiger partial charge in [0.15, 0.2) is 5.78 Å². The van der Waals surface area contributed by atoms with Crippen LogP contribution in [0.2, 0.25) is 43.8 Å². The van der Waals surface area contributed by atoms with Crippen molar-refractivity contribution in [3.63, 3.8) is 0 Å². The fourth-order valence-corrected chi connectivity index (χ4v) is 7.75. The topological polar surface area (TPSA) is 68.4 Å². The van der Waals surface area contributed by atoms with Crippen molar-refractivity contribution in [2.24, 2.45) is 11.8 Å². The summed E-state index contributed by atoms with van der Waals surface area (Å²) in [5.74, 6) is 12.6. The molecule has 1 aromatic carbocycles. The van der Waals surface area contributed by atoms with Crippen LogP contribution >= 0.6 is 0 Å². The highest BCUT2D eigenvalue weighted by Gasteiger charge is 2.85. The van der Waals surface area contributed by atoms with Crippen LogP contribution in [-0.2, 0) is 19.9 Å². The van der Waals surface area contributed by atoms with E-state index in [1.54, 1.807) is 17.1 Å². The second kappa shape index (κ2) is 9.37. The Morgan fingerprint density at radius 3 is 2.45 bits per heavy atom. The van der Waals surface area contributed by atoms with E-state index in [-0.39, 0.29) is 16.7 Å². The van der Waals surface area contributed by atoms with Crippen LogP contribution in [0.1, 0.15) is 39.7 Å². The molecule has 1 saturated carbocycles. The van der Waals surface area contributed by atoms with E-state index < -0.39 is 45.6 Å². The smallest absolute Gasteiger partial charge is 0.415 e. The average Bonchev–Trinajstić information content (AvgIpc) is 3.54. The Hall–Kier alpha value is -2.79. The maximum absolute atomic E-state index is 13.9. The Morgan fingerprint density at radius 1 is 1.12 bits per heavy atom. The third kappa shape index (κ3) is 4.36. The fourth-order valence-electron chi connectivity index (χ4n) is 6.02. The zero-order valence-corrected chi connectivity index (χ0v) is 27.2. The van der Waals surface area contributed by atoms with Crippen molar-refractivity contribution in [2.75, 3.05) is 11.5 Å². The van der Waals surface area contributed by atoms with E-state index in [2.05, 4.69) is 77.2 Å². The van der Waals surface area contributed by atoms with Crippen molar-refractivity contribution in [3.05, 3.63) is 35.9 Å². The number of Topliss-reactive ketones (excluding diaryl/α,β-unsaturated/α-hetero) is 1. The summed E-state index contributed by atoms with van der Waals surface area (Å²) in [6, 6.07) is 6.04. The van der Waals surface area contributed by atoms with Crippen molar-refractivity contribution in [2.45, 2.75) is 95.2 Å². The predicted molar refractivity (Wildman–Crippen MR) is 162 cm³/mol. The van der Waals surface area contributed by atoms with Crippen LogP contribution in [0, 0.1) is 35.5 Å². The molecule has 2 fully saturated rings. The fraction of sp³-hybridized carbons (Fsp3) is 0.562. The van der Waals surface area contributed by atoms with Crippen molar-refractivity contribution in [1.82, 2.24) is 0 Å². The third-order valence-corrected chi connectivity index (χ3v) is 15.3. The number of anilines is 1. The monoisotopic (exact) mass is 575 g/mol. The van der Waals surface area contributed by atoms with Crippen molar-refractivity contribution < 1.29 is 23.5 Å². The van der Waals surface area contributed by atoms with E-state index in [9.17, 15) is 9.59 Å². The Labute approximate surface area is 241 Å². The minimum atomic E-state index is -2.17. The number of amides is 1. The second-order valence-corrected chi connectivity index (χ2v) is 24.6. The van der Waals surface area contributed by atoms with E-state index in [1.807, 2.05) is 25.1 Å². The van der Waals surface area contributed by atoms with Gasteiger partial charge in [-0.1, -0.05) is 71.0 Å². The average molecular weight is 576 g/mol. The molecule has 212 valence electrons. The first-order chi connectivity index (χ1) is 18.6. The molecule has 5 rings (SSSR count). The highest BCUT2D eigenvalue weighted by Crippen LogP contribution is 2.73. The minimum absolute atomic E-state index is 0.000583. The Morgan fingerprint density at radius 2 is 1.80 bits per heavy atom. The summed E-state index contributed by atoms with van der Waals surface area (Å²) in [7, 11) is -3.58. The van der Waals surface area contributed by atoms with E-state index in [4.69, 9.17) is 13.9 Å². The first-order valence-corrected chi connectivity index (χ1v) is 20.9. The minimum Gasteiger partial charge on any atom is -0.543 e. The molecule has 5 atom stereocenters. The summed E-state index contributed by atoms with van der Waals surface area (Å²) in [5, 5.41) is 0.000583. The van der Waals surface area contributed by atoms with Crippen molar-refractivity contribution in [1.29, 1.82) is 0 Å². The number of hydrogen-bond acceptors (Lipinski definition) is 5. The maximum atomic E-state index is 13.9. The number of carbonyl (C=O) groups excluding carboxylic acids is 2. The van der Waals surface area contributed by atoms with Gasteiger partial charge in [-0.3, -0.25) is 9.69 Å². The summed E-state index contributed by atoms with van der Waals surface area (Å²) < 4.78 is 19.4. The van der Waals surface area contributed by atoms with Crippen LogP contribution < -0.4 is 9.33 Å². The molecule has 2 heterocycles. The standard InChI is InChI=1S/C32H41NO5Si2/c1-22-20-27(34)24-14-12-10-11-13-15-28-31(22)32(24,38-31)25-21-23(37-40(8,9)30(2,3)4)16-17-26(25)33(28)29(35)36-18-19-39(5,6)7/h10-11,16-17,21-22,24,28H,18-20H2,1-9H3/b11-10-/t22-,24-,28-,31-,32+/m0/s1. The normalized spacial score (nSPS) is 30.9. The maximum Gasteiger partial charge on any atom is 0.415 e. The number of benzene rings is 1. The summed E-state index contributed by atoms with van der Waals surface area (Å²) in [6.45, 7) is 20.2. The number of rotatable bonds is 5. The van der Waals surface area contributed by atoms with E-state index in [1.165, 1.54) is 0 Å². The van der Waals surface area contributed by atoms with E-state index in [0.717, 1.165) is 11.6 Å². The molecule has 40 heavy (non-hydrogen) atoms. The van der Waals surface area contributed by atoms with Crippen LogP contribution in [0.4, 0.5) is 10.5 Å². The third-order valence-electron chi connectivity index (χ3n) is 9.28. The van der Waals surface area contributed by atoms with Crippen LogP contribution in [0.15, 0.2) is 30.4 Å². The summed E-state index contributed by atoms with van der Waals surface area (Å²) in [6.07, 6.45) is 3.21. The van der Waals surface area contributed by atoms with Gasteiger partial charge in [0.25, 0.3) is 0 Å². The van der Waals surface area contributed by atoms with Gasteiger partial charge in [0.1, 0.15) is 28.9 Å². The first-order valence-electron chi connectivity index (χ1n) is 14.2. The molecule has 0 spiro atoms. The Bertz CT molecular complexity index is 1410. The number of carbonyl (C=O) groups is 2. The molecule has 0 N–H and O–H groups in total. The van der Waals surface area contributed by atoms with Crippen LogP contribution in [-0.4, -0.2) is 46.5 Å². The summed E-state index contributed by atoms with van der Waals surface area (Å²) in [4.78, 5) is 29.1. The first kappa shape index (κ1) is 28.7. The lowest BCUT2D eigenvalue weighted by molar-refractivity contribution is -0.125. The molecule has 1 aromatic rings. The molecular formula is C32H41NO5Si2. The lowest BCUT2D eigenvalue weighted by atomic mass is 9.59. The summed E-state index contributed by atoms with van der Waals surface area (Å²) >= 11 is 0. The van der Waals surface area contributed by atoms with Gasteiger partial charge in [-0.05, 0) is 60.4 Å². The van der Waals surface area contributed by atoms with Crippen LogP contribution in [0.5, 0.6) is 5.75 Å². The number of fused-ring (bicyclic) bond motifs is 1. The largest absolute Gasteiger partial charge is 0.543 e. The molecule has 4 bridgehead atoms. The molecule has 4 aliphatic rings. The van der Waals surface area contributed by atoms with Gasteiger partial charge in [0.05, 0.1) is 12.3 Å². The van der Waals surface area contributed by atoms with Gasteiger partial charge in [-0.15, -0.1) is 0 Å². The number of hydrogen-bond donors (Lipinski definition) is 0. The van der Waals surface area contributed by atoms with Gasteiger partial charge < -0.3 is 13.9 Å². The highest BCUT2D eigenvalue weighted by atomic mass is 28.4. The molecule has 0 radical (unpaired) electrons. The van der Waals surface area contributed by atoms with E-state index in [0.29, 0.717) is 24.5 Å². The molecule has 6 nitrogen and oxygen atoms in total. The number of ketones is 1. The molecule has 0 unspecified atom stereocenters. The number of allylic oxidation sites excluding steroid dienone is 2. The van der Waals surface area contributed by atoms with Gasteiger partial charge in [0.2, 0.25) is 8.32 Å². The van der Waals surface area contributed by atoms with Crippen LogP contribution in [0.3, 0.4) is 0 Å². The van der Waals surface area contributed by atoms with Gasteiger partial charge in [-0.25, -0.2) is 4.79 Å². The van der Waals surface area contributed by atoms with Crippen molar-refractivity contribution in [3.8, 4) is 29.4 Å². The second-order valence-electron chi connectivity index (χ2n) is 14.3. The molecular weight excluding hydrogens is 535 g/mol. The number of nitrogens with zero attached hydrogens (tertiary/aromatic N) is 1. The molecule has 2 aliphatic carbocycles. The van der Waals surface area contributed by atoms with Gasteiger partial charge >= 0.3 is 6.09 Å². The molecule has 8 heteroatoms. The lowest BCUT2D eigenvalue weighted by Crippen LogP contribution is -2.61. The van der Waals surface area contributed by atoms with Gasteiger partial charge in [0, 0.05) is 20.1 Å². The molecule has 1 saturated heterocycles. The molecule has 0 aromatic heterocycles. The predicted octanol–water partition coefficient (Wildman–Crippen LogP) is 6.50. The van der Waals surface area contributed by atoms with Crippen LogP contribution in [0.25, 0.3) is 0 Å². The Kier molecular flexibility index (Phi) is 6.73. The summed E-state index contributed by atoms with van der Waals surface area (Å²) in [5.41, 5.74) is -0.478. The Balaban J connectivity index is 1.69. The molecule has 1 amide bonds. The van der Waals surface area contributed by atoms with Crippen molar-refractivity contribution >= 4 is 34.0 Å². The van der Waals surface area contributed by atoms with E-state index >= 15 is 0 Å². The SMILES string of the molecule is C[C@H]1CC(=O)[C@@H]2C#C/C=C\C#C[C@@H]3N(C(=O)OCC[Si](C)(C)C)c4ccc(O[Si](C)(C)C(C)(C)C)cc4[C@]24O[C@]314. The lowest BCUT2D eigenvalue weighted by Gasteiger charge is -2.45. The molecule has 2 aliphatic heterocycles. The zero-order valence-electron chi connectivity index (χ0n) is 25.2. The number of epoxide rings is 1. The highest BCUT2D eigenvalue weighted by molar-refractivity contribution is 6.76.